The summed E-state index contributed by atoms with van der Waals surface area (Å²) in [5, 5.41) is 19.1. The molecule has 1 saturated heterocycles. The Bertz CT molecular complexity index is 953. The number of methoxy groups -OCH3 is 1. The summed E-state index contributed by atoms with van der Waals surface area (Å²) in [5.41, 5.74) is 12.7. The third kappa shape index (κ3) is 5.94. The Morgan fingerprint density at radius 2 is 1.70 bits per heavy atom. The molecular weight excluding hydrogens is 420 g/mol. The van der Waals surface area contributed by atoms with Gasteiger partial charge in [0, 0.05) is 37.9 Å². The molecule has 1 aliphatic heterocycles. The Kier molecular flexibility index (Phi) is 9.07. The molecule has 1 aliphatic rings. The summed E-state index contributed by atoms with van der Waals surface area (Å²) in [4.78, 5) is 17.9. The molecule has 0 saturated carbocycles. The van der Waals surface area contributed by atoms with Gasteiger partial charge in [-0.3, -0.25) is 5.41 Å². The van der Waals surface area contributed by atoms with Gasteiger partial charge in [0.1, 0.15) is 17.3 Å². The number of nitrogens with zero attached hydrogens (tertiary/aromatic N) is 3. The van der Waals surface area contributed by atoms with Crippen molar-refractivity contribution < 1.29 is 14.6 Å². The van der Waals surface area contributed by atoms with Gasteiger partial charge in [-0.15, -0.1) is 0 Å². The highest BCUT2D eigenvalue weighted by atomic mass is 16.5. The van der Waals surface area contributed by atoms with Crippen LogP contribution in [0.4, 0.5) is 16.2 Å². The highest BCUT2D eigenvalue weighted by Gasteiger charge is 2.24. The molecule has 0 unspecified atom stereocenters. The van der Waals surface area contributed by atoms with Gasteiger partial charge in [0.25, 0.3) is 0 Å². The Hall–Kier alpha value is -3.30. The van der Waals surface area contributed by atoms with Gasteiger partial charge < -0.3 is 31.1 Å². The first-order chi connectivity index (χ1) is 15.7. The number of aromatic hydroxyl groups is 1. The minimum absolute atomic E-state index is 0.104. The summed E-state index contributed by atoms with van der Waals surface area (Å²) in [5.74, 6) is 0.298. The number of benzene rings is 2. The maximum absolute atomic E-state index is 12.3. The van der Waals surface area contributed by atoms with Crippen molar-refractivity contribution >= 4 is 23.2 Å². The van der Waals surface area contributed by atoms with Crippen LogP contribution in [0.2, 0.25) is 0 Å². The fourth-order valence-electron chi connectivity index (χ4n) is 3.77. The van der Waals surface area contributed by atoms with Gasteiger partial charge in [-0.25, -0.2) is 9.69 Å². The van der Waals surface area contributed by atoms with E-state index >= 15 is 0 Å². The van der Waals surface area contributed by atoms with Crippen LogP contribution in [0.25, 0.3) is 0 Å². The summed E-state index contributed by atoms with van der Waals surface area (Å²) >= 11 is 0. The minimum atomic E-state index is -0.793. The Balaban J connectivity index is 0.00000187. The molecule has 6 N–H and O–H groups in total. The van der Waals surface area contributed by atoms with Gasteiger partial charge in [0.05, 0.1) is 18.4 Å². The molecule has 2 aromatic carbocycles. The number of amidine groups is 1. The van der Waals surface area contributed by atoms with E-state index in [2.05, 4.69) is 22.6 Å². The number of urea groups is 1. The largest absolute Gasteiger partial charge is 0.507 e. The number of carbonyl (C=O) groups is 1. The number of nitrogens with one attached hydrogen (secondary N) is 1. The molecule has 2 amide bonds. The first-order valence-electron chi connectivity index (χ1n) is 10.9. The average molecular weight is 457 g/mol. The third-order valence-corrected chi connectivity index (χ3v) is 5.65. The van der Waals surface area contributed by atoms with E-state index in [9.17, 15) is 9.90 Å². The quantitative estimate of drug-likeness (QED) is 0.404. The van der Waals surface area contributed by atoms with E-state index in [4.69, 9.17) is 15.9 Å². The van der Waals surface area contributed by atoms with Crippen LogP contribution in [0.3, 0.4) is 0 Å². The summed E-state index contributed by atoms with van der Waals surface area (Å²) in [6, 6.07) is 9.76. The molecule has 0 spiro atoms. The molecule has 0 aliphatic carbocycles. The van der Waals surface area contributed by atoms with E-state index in [1.165, 1.54) is 20.2 Å². The number of nitrogens with two attached hydrogens (primary N) is 2. The summed E-state index contributed by atoms with van der Waals surface area (Å²) in [6.45, 7) is 7.84. The zero-order chi connectivity index (χ0) is 24.7. The van der Waals surface area contributed by atoms with Gasteiger partial charge in [-0.05, 0) is 55.9 Å². The van der Waals surface area contributed by atoms with Crippen molar-refractivity contribution in [1.82, 2.24) is 4.90 Å². The van der Waals surface area contributed by atoms with Crippen LogP contribution in [0, 0.1) is 5.41 Å². The van der Waals surface area contributed by atoms with Crippen LogP contribution >= 0.6 is 0 Å². The number of primary amides is 1. The van der Waals surface area contributed by atoms with E-state index in [0.29, 0.717) is 11.4 Å². The Morgan fingerprint density at radius 3 is 2.18 bits per heavy atom. The van der Waals surface area contributed by atoms with Gasteiger partial charge in [0.15, 0.2) is 0 Å². The SMILES string of the molecule is CN.COc1cc(O)c(C(=N)N(C(N)=O)c2ccc(N3CCN(C)CC3)cc2)cc1C(C)C. The van der Waals surface area contributed by atoms with Gasteiger partial charge in [-0.1, -0.05) is 13.8 Å². The van der Waals surface area contributed by atoms with E-state index in [0.717, 1.165) is 42.3 Å². The van der Waals surface area contributed by atoms with Crippen molar-refractivity contribution in [2.24, 2.45) is 11.5 Å². The van der Waals surface area contributed by atoms with Crippen LogP contribution in [0.5, 0.6) is 11.5 Å². The van der Waals surface area contributed by atoms with Crippen molar-refractivity contribution in [3.63, 3.8) is 0 Å². The van der Waals surface area contributed by atoms with Crippen molar-refractivity contribution in [3.8, 4) is 11.5 Å². The normalized spacial score (nSPS) is 13.8. The lowest BCUT2D eigenvalue weighted by Gasteiger charge is -2.34. The van der Waals surface area contributed by atoms with Crippen molar-refractivity contribution in [3.05, 3.63) is 47.5 Å². The molecule has 9 heteroatoms. The smallest absolute Gasteiger partial charge is 0.325 e. The molecule has 1 heterocycles. The highest BCUT2D eigenvalue weighted by molar-refractivity contribution is 6.22. The van der Waals surface area contributed by atoms with Crippen LogP contribution in [-0.2, 0) is 0 Å². The predicted molar refractivity (Wildman–Crippen MR) is 134 cm³/mol. The monoisotopic (exact) mass is 456 g/mol. The molecule has 0 radical (unpaired) electrons. The van der Waals surface area contributed by atoms with Crippen LogP contribution in [-0.4, -0.2) is 69.3 Å². The lowest BCUT2D eigenvalue weighted by Crippen LogP contribution is -2.44. The van der Waals surface area contributed by atoms with E-state index in [-0.39, 0.29) is 23.1 Å². The zero-order valence-corrected chi connectivity index (χ0v) is 20.1. The second kappa shape index (κ2) is 11.5. The zero-order valence-electron chi connectivity index (χ0n) is 20.1. The number of rotatable bonds is 5. The fourth-order valence-corrected chi connectivity index (χ4v) is 3.77. The van der Waals surface area contributed by atoms with Crippen LogP contribution in [0.1, 0.15) is 30.9 Å². The molecule has 0 bridgehead atoms. The number of phenolic OH excluding ortho intramolecular Hbond substituents is 1. The Morgan fingerprint density at radius 1 is 1.12 bits per heavy atom. The molecule has 9 nitrogen and oxygen atoms in total. The second-order valence-corrected chi connectivity index (χ2v) is 8.09. The summed E-state index contributed by atoms with van der Waals surface area (Å²) < 4.78 is 5.35. The van der Waals surface area contributed by atoms with Gasteiger partial charge in [-0.2, -0.15) is 0 Å². The first kappa shape index (κ1) is 26.0. The number of hydrogen-bond donors (Lipinski definition) is 4. The predicted octanol–water partition coefficient (Wildman–Crippen LogP) is 2.76. The number of likely N-dealkylation sites (N-methyl/N-ethyl adjacent to an activating group) is 1. The number of amides is 2. The number of ether oxygens (including phenoxy) is 1. The fraction of sp³-hybridized carbons (Fsp3) is 0.417. The maximum atomic E-state index is 12.3. The lowest BCUT2D eigenvalue weighted by atomic mass is 9.98. The van der Waals surface area contributed by atoms with E-state index < -0.39 is 6.03 Å². The number of piperazine rings is 1. The van der Waals surface area contributed by atoms with Crippen molar-refractivity contribution in [2.75, 3.05) is 57.2 Å². The molecule has 180 valence electrons. The van der Waals surface area contributed by atoms with Gasteiger partial charge >= 0.3 is 6.03 Å². The molecule has 33 heavy (non-hydrogen) atoms. The van der Waals surface area contributed by atoms with Crippen molar-refractivity contribution in [1.29, 1.82) is 5.41 Å². The second-order valence-electron chi connectivity index (χ2n) is 8.09. The van der Waals surface area contributed by atoms with Crippen LogP contribution < -0.4 is 26.0 Å². The lowest BCUT2D eigenvalue weighted by molar-refractivity contribution is 0.256. The van der Waals surface area contributed by atoms with Crippen LogP contribution in [0.15, 0.2) is 36.4 Å². The first-order valence-corrected chi connectivity index (χ1v) is 10.9. The minimum Gasteiger partial charge on any atom is -0.507 e. The summed E-state index contributed by atoms with van der Waals surface area (Å²) in [7, 11) is 5.14. The molecule has 2 aromatic rings. The third-order valence-electron chi connectivity index (χ3n) is 5.65. The number of hydrogen-bond acceptors (Lipinski definition) is 7. The topological polar surface area (TPSA) is 132 Å². The number of carbonyl (C=O) groups excluding carboxylic acids is 1. The number of phenols is 1. The highest BCUT2D eigenvalue weighted by Crippen LogP contribution is 2.34. The molecule has 0 aromatic heterocycles. The molecule has 3 rings (SSSR count). The standard InChI is InChI=1S/C23H31N5O3.CH5N/c1-15(2)18-13-19(20(29)14-21(18)31-4)22(24)28(23(25)30)17-7-5-16(6-8-17)27-11-9-26(3)10-12-27;1-2/h5-8,13-15,24,29H,9-12H2,1-4H3,(H2,25,30);2H2,1H3. The molecule has 1 fully saturated rings. The molecule has 0 atom stereocenters. The van der Waals surface area contributed by atoms with E-state index in [1.807, 2.05) is 26.0 Å². The van der Waals surface area contributed by atoms with E-state index in [1.54, 1.807) is 18.2 Å². The molecular formula is C24H36N6O3. The maximum Gasteiger partial charge on any atom is 0.325 e. The van der Waals surface area contributed by atoms with Crippen molar-refractivity contribution in [2.45, 2.75) is 19.8 Å². The average Bonchev–Trinajstić information content (AvgIpc) is 2.80. The summed E-state index contributed by atoms with van der Waals surface area (Å²) in [6.07, 6.45) is 0. The Labute approximate surface area is 196 Å². The number of anilines is 2. The van der Waals surface area contributed by atoms with Gasteiger partial charge in [0.2, 0.25) is 0 Å².